The van der Waals surface area contributed by atoms with Crippen LogP contribution in [-0.2, 0) is 11.3 Å². The summed E-state index contributed by atoms with van der Waals surface area (Å²) in [5, 5.41) is 3.70. The van der Waals surface area contributed by atoms with Gasteiger partial charge in [0.05, 0.1) is 6.54 Å². The second-order valence-corrected chi connectivity index (χ2v) is 4.64. The molecule has 0 aliphatic heterocycles. The number of aryl methyl sites for hydroxylation is 1. The van der Waals surface area contributed by atoms with Crippen molar-refractivity contribution >= 4 is 17.2 Å². The van der Waals surface area contributed by atoms with Crippen molar-refractivity contribution in [2.75, 3.05) is 0 Å². The van der Waals surface area contributed by atoms with Gasteiger partial charge >= 0.3 is 0 Å². The molecule has 1 heterocycles. The maximum Gasteiger partial charge on any atom is 0.221 e. The van der Waals surface area contributed by atoms with Crippen molar-refractivity contribution < 1.29 is 4.79 Å². The predicted molar refractivity (Wildman–Crippen MR) is 57.0 cm³/mol. The van der Waals surface area contributed by atoms with E-state index in [0.717, 1.165) is 9.88 Å². The van der Waals surface area contributed by atoms with Crippen LogP contribution in [-0.4, -0.2) is 16.9 Å². The minimum Gasteiger partial charge on any atom is -0.350 e. The molecule has 1 unspecified atom stereocenters. The molecule has 1 amide bonds. The van der Waals surface area contributed by atoms with E-state index in [4.69, 9.17) is 5.73 Å². The molecule has 0 aliphatic rings. The van der Waals surface area contributed by atoms with E-state index < -0.39 is 0 Å². The fourth-order valence-electron chi connectivity index (χ4n) is 1.02. The first-order chi connectivity index (χ1) is 6.58. The molecule has 1 rings (SSSR count). The lowest BCUT2D eigenvalue weighted by Crippen LogP contribution is -2.29. The van der Waals surface area contributed by atoms with Crippen molar-refractivity contribution in [2.45, 2.75) is 32.9 Å². The molecule has 0 saturated carbocycles. The summed E-state index contributed by atoms with van der Waals surface area (Å²) in [5.74, 6) is -0.0205. The zero-order valence-electron chi connectivity index (χ0n) is 8.41. The monoisotopic (exact) mass is 213 g/mol. The first kappa shape index (κ1) is 11.1. The molecule has 0 fully saturated rings. The van der Waals surface area contributed by atoms with E-state index >= 15 is 0 Å². The van der Waals surface area contributed by atoms with Gasteiger partial charge in [-0.2, -0.15) is 0 Å². The molecule has 0 radical (unpaired) electrons. The quantitative estimate of drug-likeness (QED) is 0.777. The van der Waals surface area contributed by atoms with Gasteiger partial charge in [-0.15, -0.1) is 11.3 Å². The Morgan fingerprint density at radius 2 is 2.50 bits per heavy atom. The number of thiazole rings is 1. The number of rotatable bonds is 4. The Kier molecular flexibility index (Phi) is 4.03. The number of carbonyl (C=O) groups excluding carboxylic acids is 1. The van der Waals surface area contributed by atoms with Gasteiger partial charge in [-0.3, -0.25) is 4.79 Å². The molecular formula is C9H15N3OS. The third kappa shape index (κ3) is 3.85. The smallest absolute Gasteiger partial charge is 0.221 e. The summed E-state index contributed by atoms with van der Waals surface area (Å²) in [6.45, 7) is 4.31. The molecule has 78 valence electrons. The predicted octanol–water partition coefficient (Wildman–Crippen LogP) is 0.805. The fraction of sp³-hybridized carbons (Fsp3) is 0.556. The van der Waals surface area contributed by atoms with Gasteiger partial charge in [0, 0.05) is 23.5 Å². The molecule has 0 aromatic carbocycles. The zero-order valence-corrected chi connectivity index (χ0v) is 9.23. The van der Waals surface area contributed by atoms with Crippen LogP contribution < -0.4 is 11.1 Å². The maximum absolute atomic E-state index is 11.2. The van der Waals surface area contributed by atoms with E-state index in [1.165, 1.54) is 0 Å². The Hall–Kier alpha value is -0.940. The van der Waals surface area contributed by atoms with E-state index in [9.17, 15) is 4.79 Å². The van der Waals surface area contributed by atoms with Crippen LogP contribution in [0.1, 0.15) is 23.2 Å². The topological polar surface area (TPSA) is 68.0 Å². The molecule has 1 aromatic heterocycles. The standard InChI is InChI=1S/C9H15N3OS/c1-6(10)3-8(13)11-5-9-12-4-7(2)14-9/h4,6H,3,5,10H2,1-2H3,(H,11,13). The number of hydrogen-bond donors (Lipinski definition) is 2. The number of nitrogens with zero attached hydrogens (tertiary/aromatic N) is 1. The summed E-state index contributed by atoms with van der Waals surface area (Å²) in [5.41, 5.74) is 5.49. The van der Waals surface area contributed by atoms with Gasteiger partial charge in [0.1, 0.15) is 5.01 Å². The summed E-state index contributed by atoms with van der Waals surface area (Å²) >= 11 is 1.59. The minimum absolute atomic E-state index is 0.0205. The van der Waals surface area contributed by atoms with Gasteiger partial charge in [-0.1, -0.05) is 0 Å². The van der Waals surface area contributed by atoms with Crippen LogP contribution >= 0.6 is 11.3 Å². The highest BCUT2D eigenvalue weighted by molar-refractivity contribution is 7.11. The van der Waals surface area contributed by atoms with Gasteiger partial charge in [0.15, 0.2) is 0 Å². The largest absolute Gasteiger partial charge is 0.350 e. The van der Waals surface area contributed by atoms with E-state index in [0.29, 0.717) is 13.0 Å². The van der Waals surface area contributed by atoms with Gasteiger partial charge in [0.25, 0.3) is 0 Å². The average Bonchev–Trinajstić information content (AvgIpc) is 2.47. The summed E-state index contributed by atoms with van der Waals surface area (Å²) in [6.07, 6.45) is 2.17. The maximum atomic E-state index is 11.2. The van der Waals surface area contributed by atoms with Gasteiger partial charge < -0.3 is 11.1 Å². The Morgan fingerprint density at radius 1 is 1.79 bits per heavy atom. The van der Waals surface area contributed by atoms with Crippen LogP contribution in [0.25, 0.3) is 0 Å². The van der Waals surface area contributed by atoms with E-state index in [-0.39, 0.29) is 11.9 Å². The Bertz CT molecular complexity index is 309. The first-order valence-electron chi connectivity index (χ1n) is 4.51. The van der Waals surface area contributed by atoms with Crippen LogP contribution in [0.5, 0.6) is 0 Å². The van der Waals surface area contributed by atoms with Crippen LogP contribution in [0.2, 0.25) is 0 Å². The van der Waals surface area contributed by atoms with E-state index in [1.54, 1.807) is 17.5 Å². The summed E-state index contributed by atoms with van der Waals surface area (Å²) in [7, 11) is 0. The normalized spacial score (nSPS) is 12.5. The molecule has 3 N–H and O–H groups in total. The Morgan fingerprint density at radius 3 is 3.00 bits per heavy atom. The molecule has 0 bridgehead atoms. The Labute approximate surface area is 87.5 Å². The first-order valence-corrected chi connectivity index (χ1v) is 5.33. The minimum atomic E-state index is -0.0898. The SMILES string of the molecule is Cc1cnc(CNC(=O)CC(C)N)s1. The number of carbonyl (C=O) groups is 1. The number of nitrogens with two attached hydrogens (primary N) is 1. The summed E-state index contributed by atoms with van der Waals surface area (Å²) < 4.78 is 0. The average molecular weight is 213 g/mol. The third-order valence-corrected chi connectivity index (χ3v) is 2.53. The van der Waals surface area contributed by atoms with Gasteiger partial charge in [0.2, 0.25) is 5.91 Å². The number of amides is 1. The van der Waals surface area contributed by atoms with Crippen molar-refractivity contribution in [1.29, 1.82) is 0 Å². The van der Waals surface area contributed by atoms with Crippen LogP contribution in [0.3, 0.4) is 0 Å². The molecule has 1 aromatic rings. The number of hydrogen-bond acceptors (Lipinski definition) is 4. The van der Waals surface area contributed by atoms with Crippen LogP contribution in [0.15, 0.2) is 6.20 Å². The molecule has 0 aliphatic carbocycles. The van der Waals surface area contributed by atoms with E-state index in [2.05, 4.69) is 10.3 Å². The van der Waals surface area contributed by atoms with Gasteiger partial charge in [-0.05, 0) is 13.8 Å². The highest BCUT2D eigenvalue weighted by atomic mass is 32.1. The molecule has 5 heteroatoms. The van der Waals surface area contributed by atoms with Gasteiger partial charge in [-0.25, -0.2) is 4.98 Å². The van der Waals surface area contributed by atoms with Crippen LogP contribution in [0, 0.1) is 6.92 Å². The van der Waals surface area contributed by atoms with Crippen molar-refractivity contribution in [3.05, 3.63) is 16.1 Å². The second kappa shape index (κ2) is 5.07. The second-order valence-electron chi connectivity index (χ2n) is 3.32. The molecule has 14 heavy (non-hydrogen) atoms. The van der Waals surface area contributed by atoms with Crippen molar-refractivity contribution in [2.24, 2.45) is 5.73 Å². The lowest BCUT2D eigenvalue weighted by molar-refractivity contribution is -0.121. The van der Waals surface area contributed by atoms with E-state index in [1.807, 2.05) is 13.8 Å². The highest BCUT2D eigenvalue weighted by Crippen LogP contribution is 2.10. The zero-order chi connectivity index (χ0) is 10.6. The molecular weight excluding hydrogens is 198 g/mol. The fourth-order valence-corrected chi connectivity index (χ4v) is 1.75. The summed E-state index contributed by atoms with van der Waals surface area (Å²) in [4.78, 5) is 16.5. The van der Waals surface area contributed by atoms with Crippen LogP contribution in [0.4, 0.5) is 0 Å². The molecule has 1 atom stereocenters. The van der Waals surface area contributed by atoms with Crippen molar-refractivity contribution in [3.63, 3.8) is 0 Å². The molecule has 0 saturated heterocycles. The third-order valence-electron chi connectivity index (χ3n) is 1.61. The summed E-state index contributed by atoms with van der Waals surface area (Å²) in [6, 6.07) is -0.0898. The lowest BCUT2D eigenvalue weighted by Gasteiger charge is -2.04. The van der Waals surface area contributed by atoms with Crippen molar-refractivity contribution in [1.82, 2.24) is 10.3 Å². The number of nitrogens with one attached hydrogen (secondary N) is 1. The molecule has 0 spiro atoms. The lowest BCUT2D eigenvalue weighted by atomic mass is 10.2. The highest BCUT2D eigenvalue weighted by Gasteiger charge is 2.05. The Balaban J connectivity index is 2.30. The molecule has 4 nitrogen and oxygen atoms in total. The van der Waals surface area contributed by atoms with Crippen molar-refractivity contribution in [3.8, 4) is 0 Å². The number of aromatic nitrogens is 1.